The van der Waals surface area contributed by atoms with Gasteiger partial charge in [0.2, 0.25) is 12.5 Å². The number of ether oxygens (including phenoxy) is 3. The van der Waals surface area contributed by atoms with E-state index in [9.17, 15) is 4.79 Å². The molecule has 2 fully saturated rings. The predicted octanol–water partition coefficient (Wildman–Crippen LogP) is 8.30. The Labute approximate surface area is 243 Å². The van der Waals surface area contributed by atoms with Gasteiger partial charge in [-0.05, 0) is 99.1 Å². The monoisotopic (exact) mass is 551 g/mol. The van der Waals surface area contributed by atoms with E-state index in [1.807, 2.05) is 0 Å². The summed E-state index contributed by atoms with van der Waals surface area (Å²) in [4.78, 5) is 15.5. The molecule has 5 atom stereocenters. The Hall–Kier alpha value is -2.01. The number of methoxy groups -OCH3 is 1. The number of carbonyl (C=O) groups excluding carboxylic acids is 1. The summed E-state index contributed by atoms with van der Waals surface area (Å²) in [7, 11) is 3.79. The van der Waals surface area contributed by atoms with Gasteiger partial charge in [0, 0.05) is 31.0 Å². The first-order valence-corrected chi connectivity index (χ1v) is 15.9. The zero-order valence-electron chi connectivity index (χ0n) is 26.2. The summed E-state index contributed by atoms with van der Waals surface area (Å²) in [6.07, 6.45) is 14.6. The number of allylic oxidation sites excluding steroid dienone is 2. The van der Waals surface area contributed by atoms with E-state index in [2.05, 4.69) is 58.7 Å². The quantitative estimate of drug-likeness (QED) is 0.289. The number of carbonyl (C=O) groups is 1. The Kier molecular flexibility index (Phi) is 8.62. The minimum Gasteiger partial charge on any atom is -0.492 e. The summed E-state index contributed by atoms with van der Waals surface area (Å²) >= 11 is 0. The van der Waals surface area contributed by atoms with Gasteiger partial charge < -0.3 is 14.2 Å². The van der Waals surface area contributed by atoms with Crippen molar-refractivity contribution < 1.29 is 19.0 Å². The van der Waals surface area contributed by atoms with Gasteiger partial charge >= 0.3 is 0 Å². The van der Waals surface area contributed by atoms with Crippen molar-refractivity contribution in [3.63, 3.8) is 0 Å². The zero-order chi connectivity index (χ0) is 28.7. The van der Waals surface area contributed by atoms with E-state index in [-0.39, 0.29) is 12.8 Å². The molecule has 0 amide bonds. The highest BCUT2D eigenvalue weighted by atomic mass is 16.7. The van der Waals surface area contributed by atoms with Crippen molar-refractivity contribution in [3.05, 3.63) is 28.8 Å². The smallest absolute Gasteiger partial charge is 0.231 e. The Balaban J connectivity index is 1.18. The van der Waals surface area contributed by atoms with Crippen LogP contribution in [0.1, 0.15) is 116 Å². The van der Waals surface area contributed by atoms with Crippen LogP contribution in [0.15, 0.2) is 17.7 Å². The molecular weight excluding hydrogens is 498 g/mol. The van der Waals surface area contributed by atoms with Crippen molar-refractivity contribution in [2.75, 3.05) is 27.5 Å². The lowest BCUT2D eigenvalue weighted by Gasteiger charge is -2.59. The molecule has 5 heteroatoms. The molecule has 2 aliphatic carbocycles. The second kappa shape index (κ2) is 11.7. The van der Waals surface area contributed by atoms with Crippen molar-refractivity contribution in [1.29, 1.82) is 0 Å². The number of nitrogens with zero attached hydrogens (tertiary/aromatic N) is 1. The van der Waals surface area contributed by atoms with Crippen LogP contribution in [0.2, 0.25) is 0 Å². The lowest BCUT2D eigenvalue weighted by molar-refractivity contribution is -0.120. The van der Waals surface area contributed by atoms with Crippen LogP contribution in [-0.4, -0.2) is 38.2 Å². The van der Waals surface area contributed by atoms with Gasteiger partial charge in [-0.3, -0.25) is 9.69 Å². The fourth-order valence-electron chi connectivity index (χ4n) is 9.29. The molecule has 222 valence electrons. The minimum atomic E-state index is 0.00648. The highest BCUT2D eigenvalue weighted by molar-refractivity contribution is 5.80. The van der Waals surface area contributed by atoms with E-state index >= 15 is 0 Å². The number of fused-ring (bicyclic) bond motifs is 3. The highest BCUT2D eigenvalue weighted by Gasteiger charge is 2.53. The molecule has 5 rings (SSSR count). The fourth-order valence-corrected chi connectivity index (χ4v) is 9.29. The summed E-state index contributed by atoms with van der Waals surface area (Å²) in [6.45, 7) is 13.6. The van der Waals surface area contributed by atoms with E-state index < -0.39 is 0 Å². The molecule has 2 aliphatic heterocycles. The molecule has 0 bridgehead atoms. The van der Waals surface area contributed by atoms with Gasteiger partial charge in [0.25, 0.3) is 0 Å². The molecule has 2 saturated carbocycles. The maximum atomic E-state index is 13.2. The van der Waals surface area contributed by atoms with Crippen molar-refractivity contribution in [2.45, 2.75) is 111 Å². The van der Waals surface area contributed by atoms with E-state index in [0.717, 1.165) is 60.6 Å². The van der Waals surface area contributed by atoms with Gasteiger partial charge in [-0.15, -0.1) is 0 Å². The first-order chi connectivity index (χ1) is 19.0. The third-order valence-electron chi connectivity index (χ3n) is 11.5. The molecule has 1 aromatic carbocycles. The molecule has 5 nitrogen and oxygen atoms in total. The van der Waals surface area contributed by atoms with E-state index in [1.165, 1.54) is 49.7 Å². The minimum absolute atomic E-state index is 0.00648. The van der Waals surface area contributed by atoms with Crippen LogP contribution in [0, 0.1) is 28.6 Å². The standard InChI is InChI=1S/C35H53NO4/c1-23(12-14-27-24(2)13-15-30-34(3,4)17-9-18-35(27,30)5)10-8-11-26(37)21-28-31-25(16-19-36(28)6)20-29-32(33(31)38-7)40-22-39-29/h10,20,24,27-28,30H,8-9,11-19,21-22H2,1-7H3/b23-10-. The molecule has 0 aromatic heterocycles. The number of hydrogen-bond acceptors (Lipinski definition) is 5. The Morgan fingerprint density at radius 1 is 1.18 bits per heavy atom. The van der Waals surface area contributed by atoms with Crippen LogP contribution in [0.5, 0.6) is 17.2 Å². The van der Waals surface area contributed by atoms with Crippen molar-refractivity contribution in [2.24, 2.45) is 28.6 Å². The van der Waals surface area contributed by atoms with Crippen molar-refractivity contribution >= 4 is 5.78 Å². The Morgan fingerprint density at radius 3 is 2.75 bits per heavy atom. The number of rotatable bonds is 9. The molecule has 1 aromatic rings. The van der Waals surface area contributed by atoms with Crippen LogP contribution in [0.4, 0.5) is 0 Å². The van der Waals surface area contributed by atoms with Gasteiger partial charge in [0.05, 0.1) is 7.11 Å². The van der Waals surface area contributed by atoms with Crippen LogP contribution < -0.4 is 14.2 Å². The van der Waals surface area contributed by atoms with Gasteiger partial charge in [-0.25, -0.2) is 0 Å². The number of hydrogen-bond donors (Lipinski definition) is 0. The van der Waals surface area contributed by atoms with Gasteiger partial charge in [-0.1, -0.05) is 52.2 Å². The highest BCUT2D eigenvalue weighted by Crippen LogP contribution is 2.62. The molecule has 0 N–H and O–H groups in total. The van der Waals surface area contributed by atoms with Crippen molar-refractivity contribution in [1.82, 2.24) is 4.90 Å². The van der Waals surface area contributed by atoms with E-state index in [1.54, 1.807) is 7.11 Å². The Morgan fingerprint density at radius 2 is 1.98 bits per heavy atom. The topological polar surface area (TPSA) is 48.0 Å². The molecule has 0 spiro atoms. The maximum Gasteiger partial charge on any atom is 0.231 e. The average Bonchev–Trinajstić information content (AvgIpc) is 3.36. The number of Topliss-reactive ketones (excluding diaryl/α,β-unsaturated/α-hetero) is 1. The predicted molar refractivity (Wildman–Crippen MR) is 161 cm³/mol. The molecule has 0 radical (unpaired) electrons. The largest absolute Gasteiger partial charge is 0.492 e. The molecule has 40 heavy (non-hydrogen) atoms. The number of likely N-dealkylation sites (N-methyl/N-ethyl adjacent to an activating group) is 1. The number of ketones is 1. The first kappa shape index (κ1) is 29.5. The third-order valence-corrected chi connectivity index (χ3v) is 11.5. The Bertz CT molecular complexity index is 1120. The van der Waals surface area contributed by atoms with Crippen LogP contribution >= 0.6 is 0 Å². The average molecular weight is 552 g/mol. The van der Waals surface area contributed by atoms with Gasteiger partial charge in [-0.2, -0.15) is 0 Å². The summed E-state index contributed by atoms with van der Waals surface area (Å²) < 4.78 is 17.2. The summed E-state index contributed by atoms with van der Waals surface area (Å²) in [5, 5.41) is 0. The van der Waals surface area contributed by atoms with E-state index in [0.29, 0.717) is 35.2 Å². The van der Waals surface area contributed by atoms with Crippen molar-refractivity contribution in [3.8, 4) is 17.2 Å². The molecule has 5 unspecified atom stereocenters. The summed E-state index contributed by atoms with van der Waals surface area (Å²) in [6, 6.07) is 2.09. The van der Waals surface area contributed by atoms with Crippen LogP contribution in [0.3, 0.4) is 0 Å². The second-order valence-corrected chi connectivity index (χ2v) is 14.4. The fraction of sp³-hybridized carbons (Fsp3) is 0.743. The molecular formula is C35H53NO4. The van der Waals surface area contributed by atoms with Crippen LogP contribution in [0.25, 0.3) is 0 Å². The maximum absolute atomic E-state index is 13.2. The second-order valence-electron chi connectivity index (χ2n) is 14.4. The molecule has 2 heterocycles. The van der Waals surface area contributed by atoms with Crippen LogP contribution in [-0.2, 0) is 11.2 Å². The SMILES string of the molecule is COc1c2c(cc3c1C(CC(=O)CC/C=C(/C)CCC1C(C)CCC4C(C)(C)CCCC14C)N(C)CC3)OCO2. The molecule has 0 saturated heterocycles. The number of benzene rings is 1. The summed E-state index contributed by atoms with van der Waals surface area (Å²) in [5.74, 6) is 4.97. The molecule has 4 aliphatic rings. The van der Waals surface area contributed by atoms with Gasteiger partial charge in [0.15, 0.2) is 11.5 Å². The lowest BCUT2D eigenvalue weighted by Crippen LogP contribution is -2.51. The zero-order valence-corrected chi connectivity index (χ0v) is 26.2. The van der Waals surface area contributed by atoms with Gasteiger partial charge in [0.1, 0.15) is 5.78 Å². The third kappa shape index (κ3) is 5.56. The van der Waals surface area contributed by atoms with E-state index in [4.69, 9.17) is 14.2 Å². The summed E-state index contributed by atoms with van der Waals surface area (Å²) in [5.41, 5.74) is 4.72. The first-order valence-electron chi connectivity index (χ1n) is 15.9. The normalized spacial score (nSPS) is 31.4. The lowest BCUT2D eigenvalue weighted by atomic mass is 9.46.